The average molecular weight is 487 g/mol. The average Bonchev–Trinajstić information content (AvgIpc) is 3.50. The standard InChI is InChI=1S/C25H38N4O4Si/c1-18-22(11-8-19-6-9-21(10-7-19)29-14-4-5-24(29)31)33-23(25(18)34(2,3)32)12-15-28-17-20(13-16-30)26-27-28/h6-7,9-10,17-18,22-23,25,30,32H,4-5,8,11-16H2,1-3H3/t18-,22+,23-,25+/m1/s1. The number of nitrogens with zero attached hydrogens (tertiary/aromatic N) is 4. The molecule has 2 aromatic rings. The minimum absolute atomic E-state index is 0.000661. The molecule has 2 fully saturated rings. The van der Waals surface area contributed by atoms with Crippen LogP contribution < -0.4 is 4.90 Å². The van der Waals surface area contributed by atoms with Crippen molar-refractivity contribution in [2.45, 2.75) is 82.8 Å². The Labute approximate surface area is 203 Å². The topological polar surface area (TPSA) is 101 Å². The zero-order valence-corrected chi connectivity index (χ0v) is 21.6. The molecular weight excluding hydrogens is 448 g/mol. The number of aliphatic hydroxyl groups excluding tert-OH is 1. The molecule has 2 N–H and O–H groups in total. The molecule has 0 aliphatic carbocycles. The van der Waals surface area contributed by atoms with Crippen molar-refractivity contribution in [2.75, 3.05) is 18.1 Å². The number of carbonyl (C=O) groups excluding carboxylic acids is 1. The number of aromatic nitrogens is 3. The molecule has 1 amide bonds. The molecule has 0 saturated carbocycles. The lowest BCUT2D eigenvalue weighted by atomic mass is 9.95. The van der Waals surface area contributed by atoms with Gasteiger partial charge in [0.25, 0.3) is 0 Å². The summed E-state index contributed by atoms with van der Waals surface area (Å²) in [5.74, 6) is 0.503. The second kappa shape index (κ2) is 10.7. The van der Waals surface area contributed by atoms with Crippen LogP contribution >= 0.6 is 0 Å². The number of anilines is 1. The van der Waals surface area contributed by atoms with Gasteiger partial charge in [-0.1, -0.05) is 24.3 Å². The van der Waals surface area contributed by atoms with Gasteiger partial charge in [-0.3, -0.25) is 9.48 Å². The molecule has 34 heavy (non-hydrogen) atoms. The maximum atomic E-state index is 12.0. The normalized spacial score (nSPS) is 25.4. The molecule has 4 rings (SSSR count). The molecule has 8 nitrogen and oxygen atoms in total. The highest BCUT2D eigenvalue weighted by Crippen LogP contribution is 2.45. The molecule has 3 heterocycles. The van der Waals surface area contributed by atoms with Crippen LogP contribution in [0.4, 0.5) is 5.69 Å². The van der Waals surface area contributed by atoms with Gasteiger partial charge in [0.2, 0.25) is 5.91 Å². The van der Waals surface area contributed by atoms with E-state index in [1.165, 1.54) is 5.56 Å². The smallest absolute Gasteiger partial charge is 0.227 e. The lowest BCUT2D eigenvalue weighted by molar-refractivity contribution is -0.117. The molecule has 1 aromatic carbocycles. The Morgan fingerprint density at radius 1 is 1.15 bits per heavy atom. The molecule has 4 atom stereocenters. The summed E-state index contributed by atoms with van der Waals surface area (Å²) in [5, 5.41) is 17.3. The van der Waals surface area contributed by atoms with Crippen molar-refractivity contribution in [3.05, 3.63) is 41.7 Å². The number of hydrogen-bond donors (Lipinski definition) is 2. The lowest BCUT2D eigenvalue weighted by Gasteiger charge is -2.30. The maximum absolute atomic E-state index is 12.0. The van der Waals surface area contributed by atoms with E-state index in [9.17, 15) is 9.59 Å². The molecule has 2 aliphatic heterocycles. The summed E-state index contributed by atoms with van der Waals surface area (Å²) in [7, 11) is -2.42. The highest BCUT2D eigenvalue weighted by molar-refractivity contribution is 6.71. The first-order chi connectivity index (χ1) is 16.3. The van der Waals surface area contributed by atoms with Crippen LogP contribution in [0.3, 0.4) is 0 Å². The van der Waals surface area contributed by atoms with E-state index < -0.39 is 8.32 Å². The Morgan fingerprint density at radius 3 is 2.56 bits per heavy atom. The monoisotopic (exact) mass is 486 g/mol. The third kappa shape index (κ3) is 5.76. The molecule has 0 spiro atoms. The predicted octanol–water partition coefficient (Wildman–Crippen LogP) is 2.93. The molecule has 0 radical (unpaired) electrons. The number of aryl methyl sites for hydroxylation is 2. The molecule has 186 valence electrons. The first-order valence-corrected chi connectivity index (χ1v) is 15.6. The number of hydrogen-bond acceptors (Lipinski definition) is 6. The Bertz CT molecular complexity index is 959. The number of aliphatic hydroxyl groups is 1. The van der Waals surface area contributed by atoms with Gasteiger partial charge < -0.3 is 19.5 Å². The van der Waals surface area contributed by atoms with E-state index in [1.54, 1.807) is 0 Å². The van der Waals surface area contributed by atoms with Crippen molar-refractivity contribution in [1.82, 2.24) is 15.0 Å². The van der Waals surface area contributed by atoms with Gasteiger partial charge in [0, 0.05) is 50.0 Å². The van der Waals surface area contributed by atoms with Gasteiger partial charge in [0.05, 0.1) is 17.9 Å². The molecule has 0 bridgehead atoms. The fraction of sp³-hybridized carbons (Fsp3) is 0.640. The summed E-state index contributed by atoms with van der Waals surface area (Å²) >= 11 is 0. The summed E-state index contributed by atoms with van der Waals surface area (Å²) in [5.41, 5.74) is 3.18. The molecule has 0 unspecified atom stereocenters. The Hall–Kier alpha value is -2.07. The minimum Gasteiger partial charge on any atom is -0.432 e. The zero-order chi connectivity index (χ0) is 24.3. The highest BCUT2D eigenvalue weighted by atomic mass is 28.4. The van der Waals surface area contributed by atoms with Crippen molar-refractivity contribution >= 4 is 19.9 Å². The highest BCUT2D eigenvalue weighted by Gasteiger charge is 2.49. The van der Waals surface area contributed by atoms with Crippen LogP contribution in [0.1, 0.15) is 43.9 Å². The summed E-state index contributed by atoms with van der Waals surface area (Å²) < 4.78 is 8.36. The van der Waals surface area contributed by atoms with Gasteiger partial charge in [-0.05, 0) is 62.4 Å². The fourth-order valence-corrected chi connectivity index (χ4v) is 8.35. The Morgan fingerprint density at radius 2 is 1.91 bits per heavy atom. The van der Waals surface area contributed by atoms with Gasteiger partial charge in [-0.15, -0.1) is 5.10 Å². The van der Waals surface area contributed by atoms with Crippen molar-refractivity contribution in [2.24, 2.45) is 5.92 Å². The number of ether oxygens (including phenoxy) is 1. The summed E-state index contributed by atoms with van der Waals surface area (Å²) in [6, 6.07) is 8.34. The molecule has 9 heteroatoms. The summed E-state index contributed by atoms with van der Waals surface area (Å²) in [4.78, 5) is 24.9. The lowest BCUT2D eigenvalue weighted by Crippen LogP contribution is -2.40. The first-order valence-electron chi connectivity index (χ1n) is 12.5. The predicted molar refractivity (Wildman–Crippen MR) is 133 cm³/mol. The summed E-state index contributed by atoms with van der Waals surface area (Å²) in [6.07, 6.45) is 6.67. The largest absolute Gasteiger partial charge is 0.432 e. The van der Waals surface area contributed by atoms with Gasteiger partial charge in [-0.25, -0.2) is 0 Å². The molecule has 2 aliphatic rings. The third-order valence-corrected chi connectivity index (χ3v) is 9.88. The van der Waals surface area contributed by atoms with E-state index in [0.717, 1.165) is 43.6 Å². The molecule has 2 saturated heterocycles. The van der Waals surface area contributed by atoms with E-state index in [2.05, 4.69) is 41.5 Å². The zero-order valence-electron chi connectivity index (χ0n) is 20.6. The van der Waals surface area contributed by atoms with Crippen molar-refractivity contribution < 1.29 is 19.4 Å². The van der Waals surface area contributed by atoms with Crippen LogP contribution in [0.15, 0.2) is 30.5 Å². The van der Waals surface area contributed by atoms with Crippen LogP contribution in [0.2, 0.25) is 18.6 Å². The van der Waals surface area contributed by atoms with Gasteiger partial charge in [-0.2, -0.15) is 0 Å². The summed E-state index contributed by atoms with van der Waals surface area (Å²) in [6.45, 7) is 7.80. The Kier molecular flexibility index (Phi) is 7.86. The van der Waals surface area contributed by atoms with Crippen molar-refractivity contribution in [3.63, 3.8) is 0 Å². The third-order valence-electron chi connectivity index (χ3n) is 7.35. The maximum Gasteiger partial charge on any atom is 0.227 e. The minimum atomic E-state index is -2.42. The van der Waals surface area contributed by atoms with E-state index in [4.69, 9.17) is 9.84 Å². The van der Waals surface area contributed by atoms with Gasteiger partial charge in [0.15, 0.2) is 8.32 Å². The first kappa shape index (κ1) is 25.0. The fourth-order valence-electron chi connectivity index (χ4n) is 5.69. The number of carbonyl (C=O) groups is 1. The van der Waals surface area contributed by atoms with E-state index in [-0.39, 0.29) is 30.3 Å². The van der Waals surface area contributed by atoms with Crippen LogP contribution in [0.5, 0.6) is 0 Å². The molecular formula is C25H38N4O4Si. The Balaban J connectivity index is 1.35. The quantitative estimate of drug-likeness (QED) is 0.501. The van der Waals surface area contributed by atoms with E-state index in [1.807, 2.05) is 28.9 Å². The number of amides is 1. The van der Waals surface area contributed by atoms with Crippen LogP contribution in [0, 0.1) is 5.92 Å². The number of benzene rings is 1. The van der Waals surface area contributed by atoms with E-state index >= 15 is 0 Å². The van der Waals surface area contributed by atoms with E-state index in [0.29, 0.717) is 25.3 Å². The van der Waals surface area contributed by atoms with Gasteiger partial charge in [0.1, 0.15) is 0 Å². The van der Waals surface area contributed by atoms with Crippen molar-refractivity contribution in [1.29, 1.82) is 0 Å². The van der Waals surface area contributed by atoms with Crippen LogP contribution in [-0.2, 0) is 28.9 Å². The van der Waals surface area contributed by atoms with Crippen molar-refractivity contribution in [3.8, 4) is 0 Å². The molecule has 1 aromatic heterocycles. The van der Waals surface area contributed by atoms with Gasteiger partial charge >= 0.3 is 0 Å². The SMILES string of the molecule is C[C@H]1[C@H]([Si](C)(C)O)[C@@H](CCn2cc(CCO)nn2)O[C@H]1CCc1ccc(N2CCCC2=O)cc1. The second-order valence-corrected chi connectivity index (χ2v) is 14.3. The second-order valence-electron chi connectivity index (χ2n) is 10.3. The van der Waals surface area contributed by atoms with Crippen LogP contribution in [0.25, 0.3) is 0 Å². The number of rotatable bonds is 10. The van der Waals surface area contributed by atoms with Crippen LogP contribution in [-0.4, -0.2) is 64.5 Å².